The minimum atomic E-state index is 0.0827. The van der Waals surface area contributed by atoms with E-state index in [4.69, 9.17) is 11.5 Å². The van der Waals surface area contributed by atoms with Crippen molar-refractivity contribution in [2.24, 2.45) is 16.5 Å². The molecule has 0 amide bonds. The monoisotopic (exact) mass is 220 g/mol. The molecule has 2 aromatic rings. The van der Waals surface area contributed by atoms with E-state index >= 15 is 0 Å². The van der Waals surface area contributed by atoms with Gasteiger partial charge in [-0.25, -0.2) is 9.98 Å². The highest BCUT2D eigenvalue weighted by Crippen LogP contribution is 2.28. The van der Waals surface area contributed by atoms with E-state index in [0.29, 0.717) is 0 Å². The first-order valence-electron chi connectivity index (χ1n) is 4.66. The molecular formula is C10H12N4S. The second-order valence-corrected chi connectivity index (χ2v) is 4.08. The van der Waals surface area contributed by atoms with Crippen LogP contribution in [0.3, 0.4) is 0 Å². The van der Waals surface area contributed by atoms with Crippen molar-refractivity contribution in [3.8, 4) is 0 Å². The third-order valence-corrected chi connectivity index (χ3v) is 2.95. The van der Waals surface area contributed by atoms with Crippen molar-refractivity contribution >= 4 is 33.2 Å². The Balaban J connectivity index is 2.64. The van der Waals surface area contributed by atoms with Gasteiger partial charge in [-0.3, -0.25) is 0 Å². The summed E-state index contributed by atoms with van der Waals surface area (Å²) in [5.74, 6) is 0.0827. The number of thiazole rings is 1. The molecule has 0 aliphatic heterocycles. The fourth-order valence-corrected chi connectivity index (χ4v) is 2.18. The summed E-state index contributed by atoms with van der Waals surface area (Å²) >= 11 is 1.62. The minimum Gasteiger partial charge on any atom is -0.370 e. The molecule has 1 aromatic carbocycles. The molecule has 0 unspecified atom stereocenters. The molecule has 0 aliphatic rings. The van der Waals surface area contributed by atoms with Crippen molar-refractivity contribution in [1.29, 1.82) is 0 Å². The maximum atomic E-state index is 5.38. The van der Waals surface area contributed by atoms with Gasteiger partial charge in [-0.1, -0.05) is 6.92 Å². The fraction of sp³-hybridized carbons (Fsp3) is 0.200. The van der Waals surface area contributed by atoms with Gasteiger partial charge < -0.3 is 11.5 Å². The van der Waals surface area contributed by atoms with Gasteiger partial charge in [0, 0.05) is 0 Å². The first kappa shape index (κ1) is 9.92. The quantitative estimate of drug-likeness (QED) is 0.598. The summed E-state index contributed by atoms with van der Waals surface area (Å²) in [6.07, 6.45) is 0.903. The largest absolute Gasteiger partial charge is 0.370 e. The van der Waals surface area contributed by atoms with Gasteiger partial charge in [0.05, 0.1) is 21.4 Å². The van der Waals surface area contributed by atoms with Crippen LogP contribution in [0.5, 0.6) is 0 Å². The number of aliphatic imine (C=N–C) groups is 1. The van der Waals surface area contributed by atoms with Crippen LogP contribution >= 0.6 is 11.3 Å². The van der Waals surface area contributed by atoms with E-state index in [1.54, 1.807) is 11.3 Å². The number of hydrogen-bond donors (Lipinski definition) is 2. The molecular weight excluding hydrogens is 208 g/mol. The van der Waals surface area contributed by atoms with Crippen molar-refractivity contribution in [3.63, 3.8) is 0 Å². The molecule has 0 aliphatic carbocycles. The van der Waals surface area contributed by atoms with Gasteiger partial charge in [0.1, 0.15) is 0 Å². The number of hydrogen-bond acceptors (Lipinski definition) is 3. The van der Waals surface area contributed by atoms with Crippen LogP contribution in [0, 0.1) is 0 Å². The van der Waals surface area contributed by atoms with Gasteiger partial charge in [0.15, 0.2) is 5.96 Å². The molecule has 0 saturated heterocycles. The van der Waals surface area contributed by atoms with E-state index < -0.39 is 0 Å². The number of aryl methyl sites for hydroxylation is 1. The number of nitrogens with two attached hydrogens (primary N) is 2. The molecule has 0 fully saturated rings. The van der Waals surface area contributed by atoms with Gasteiger partial charge in [-0.15, -0.1) is 11.3 Å². The Bertz CT molecular complexity index is 511. The molecule has 0 spiro atoms. The van der Waals surface area contributed by atoms with Gasteiger partial charge in [0.25, 0.3) is 0 Å². The highest BCUT2D eigenvalue weighted by Gasteiger charge is 2.04. The van der Waals surface area contributed by atoms with Crippen LogP contribution in [0.2, 0.25) is 0 Å². The molecule has 1 aromatic heterocycles. The average molecular weight is 220 g/mol. The first-order chi connectivity index (χ1) is 7.20. The summed E-state index contributed by atoms with van der Waals surface area (Å²) in [7, 11) is 0. The Hall–Kier alpha value is -1.62. The van der Waals surface area contributed by atoms with E-state index in [0.717, 1.165) is 23.2 Å². The van der Waals surface area contributed by atoms with Crippen LogP contribution < -0.4 is 11.5 Å². The predicted molar refractivity (Wildman–Crippen MR) is 64.5 cm³/mol. The lowest BCUT2D eigenvalue weighted by molar-refractivity contribution is 1.14. The highest BCUT2D eigenvalue weighted by atomic mass is 32.1. The van der Waals surface area contributed by atoms with Gasteiger partial charge in [-0.2, -0.15) is 0 Å². The van der Waals surface area contributed by atoms with E-state index in [1.165, 1.54) is 4.70 Å². The zero-order valence-electron chi connectivity index (χ0n) is 8.40. The Morgan fingerprint density at radius 2 is 2.27 bits per heavy atom. The first-order valence-corrected chi connectivity index (χ1v) is 5.54. The molecule has 78 valence electrons. The summed E-state index contributed by atoms with van der Waals surface area (Å²) in [5.41, 5.74) is 15.5. The van der Waals surface area contributed by atoms with Crippen LogP contribution in [0.15, 0.2) is 22.6 Å². The van der Waals surface area contributed by atoms with E-state index in [1.807, 2.05) is 11.6 Å². The smallest absolute Gasteiger partial charge is 0.191 e. The number of rotatable bonds is 2. The summed E-state index contributed by atoms with van der Waals surface area (Å²) < 4.78 is 1.17. The molecule has 4 nitrogen and oxygen atoms in total. The molecule has 0 atom stereocenters. The Kier molecular flexibility index (Phi) is 2.55. The lowest BCUT2D eigenvalue weighted by Gasteiger charge is -2.03. The fourth-order valence-electron chi connectivity index (χ4n) is 1.46. The lowest BCUT2D eigenvalue weighted by Crippen LogP contribution is -2.22. The number of nitrogens with zero attached hydrogens (tertiary/aromatic N) is 2. The third kappa shape index (κ3) is 1.92. The predicted octanol–water partition coefficient (Wildman–Crippen LogP) is 1.76. The van der Waals surface area contributed by atoms with Crippen LogP contribution in [0.25, 0.3) is 10.2 Å². The SMILES string of the molecule is CCc1cc2scnc2cc1N=C(N)N. The second-order valence-electron chi connectivity index (χ2n) is 3.19. The molecule has 0 radical (unpaired) electrons. The molecule has 15 heavy (non-hydrogen) atoms. The molecule has 1 heterocycles. The Labute approximate surface area is 91.6 Å². The Morgan fingerprint density at radius 1 is 1.47 bits per heavy atom. The number of benzene rings is 1. The Morgan fingerprint density at radius 3 is 2.93 bits per heavy atom. The minimum absolute atomic E-state index is 0.0827. The van der Waals surface area contributed by atoms with Crippen molar-refractivity contribution in [2.75, 3.05) is 0 Å². The van der Waals surface area contributed by atoms with Crippen molar-refractivity contribution < 1.29 is 0 Å². The third-order valence-electron chi connectivity index (χ3n) is 2.16. The number of guanidine groups is 1. The summed E-state index contributed by atoms with van der Waals surface area (Å²) in [5, 5.41) is 0. The lowest BCUT2D eigenvalue weighted by atomic mass is 10.1. The zero-order chi connectivity index (χ0) is 10.8. The highest BCUT2D eigenvalue weighted by molar-refractivity contribution is 7.16. The van der Waals surface area contributed by atoms with Crippen LogP contribution in [-0.4, -0.2) is 10.9 Å². The van der Waals surface area contributed by atoms with Gasteiger partial charge in [0.2, 0.25) is 0 Å². The standard InChI is InChI=1S/C10H12N4S/c1-2-6-3-9-8(13-5-15-9)4-7(6)14-10(11)12/h3-5H,2H2,1H3,(H4,11,12,14). The normalized spacial score (nSPS) is 10.5. The maximum absolute atomic E-state index is 5.38. The summed E-state index contributed by atoms with van der Waals surface area (Å²) in [4.78, 5) is 8.33. The van der Waals surface area contributed by atoms with Gasteiger partial charge in [-0.05, 0) is 24.1 Å². The average Bonchev–Trinajstić information content (AvgIpc) is 2.62. The van der Waals surface area contributed by atoms with Crippen LogP contribution in [0.4, 0.5) is 5.69 Å². The number of aromatic nitrogens is 1. The molecule has 0 saturated carbocycles. The van der Waals surface area contributed by atoms with Crippen molar-refractivity contribution in [1.82, 2.24) is 4.98 Å². The maximum Gasteiger partial charge on any atom is 0.191 e. The van der Waals surface area contributed by atoms with Crippen LogP contribution in [-0.2, 0) is 6.42 Å². The van der Waals surface area contributed by atoms with Crippen molar-refractivity contribution in [3.05, 3.63) is 23.2 Å². The van der Waals surface area contributed by atoms with E-state index in [9.17, 15) is 0 Å². The second kappa shape index (κ2) is 3.86. The molecule has 2 rings (SSSR count). The zero-order valence-corrected chi connectivity index (χ0v) is 9.21. The van der Waals surface area contributed by atoms with Crippen LogP contribution in [0.1, 0.15) is 12.5 Å². The molecule has 0 bridgehead atoms. The summed E-state index contributed by atoms with van der Waals surface area (Å²) in [6.45, 7) is 2.08. The van der Waals surface area contributed by atoms with E-state index in [2.05, 4.69) is 23.0 Å². The van der Waals surface area contributed by atoms with E-state index in [-0.39, 0.29) is 5.96 Å². The molecule has 4 N–H and O–H groups in total. The van der Waals surface area contributed by atoms with Gasteiger partial charge >= 0.3 is 0 Å². The van der Waals surface area contributed by atoms with Crippen molar-refractivity contribution in [2.45, 2.75) is 13.3 Å². The molecule has 5 heteroatoms. The number of fused-ring (bicyclic) bond motifs is 1. The summed E-state index contributed by atoms with van der Waals surface area (Å²) in [6, 6.07) is 4.01. The topological polar surface area (TPSA) is 77.3 Å².